The lowest BCUT2D eigenvalue weighted by Crippen LogP contribution is -2.13. The van der Waals surface area contributed by atoms with Gasteiger partial charge in [-0.1, -0.05) is 18.6 Å². The zero-order valence-electron chi connectivity index (χ0n) is 8.94. The molecule has 3 rings (SSSR count). The summed E-state index contributed by atoms with van der Waals surface area (Å²) in [6, 6.07) is 5.49. The Morgan fingerprint density at radius 1 is 1.38 bits per heavy atom. The first-order chi connectivity index (χ1) is 7.77. The summed E-state index contributed by atoms with van der Waals surface area (Å²) in [4.78, 5) is 15.6. The van der Waals surface area contributed by atoms with Crippen LogP contribution in [0.4, 0.5) is 5.69 Å². The summed E-state index contributed by atoms with van der Waals surface area (Å²) in [5.41, 5.74) is 3.36. The van der Waals surface area contributed by atoms with E-state index in [-0.39, 0.29) is 0 Å². The fourth-order valence-corrected chi connectivity index (χ4v) is 2.75. The van der Waals surface area contributed by atoms with E-state index in [9.17, 15) is 4.79 Å². The second kappa shape index (κ2) is 3.44. The van der Waals surface area contributed by atoms with Gasteiger partial charge in [-0.3, -0.25) is 4.99 Å². The third kappa shape index (κ3) is 1.28. The molecule has 1 aromatic rings. The molecule has 1 atom stereocenters. The van der Waals surface area contributed by atoms with Gasteiger partial charge in [0, 0.05) is 11.6 Å². The van der Waals surface area contributed by atoms with Gasteiger partial charge in [0.1, 0.15) is 0 Å². The van der Waals surface area contributed by atoms with Crippen LogP contribution in [0.2, 0.25) is 0 Å². The highest BCUT2D eigenvalue weighted by Gasteiger charge is 2.31. The van der Waals surface area contributed by atoms with Gasteiger partial charge in [0.2, 0.25) is 0 Å². The van der Waals surface area contributed by atoms with Crippen LogP contribution >= 0.6 is 0 Å². The lowest BCUT2D eigenvalue weighted by Gasteiger charge is -2.19. The molecular formula is C13H13NO2. The van der Waals surface area contributed by atoms with Crippen LogP contribution in [-0.4, -0.2) is 16.8 Å². The molecule has 3 nitrogen and oxygen atoms in total. The number of hydrogen-bond donors (Lipinski definition) is 1. The van der Waals surface area contributed by atoms with Crippen molar-refractivity contribution in [2.45, 2.75) is 31.6 Å². The summed E-state index contributed by atoms with van der Waals surface area (Å²) in [5.74, 6) is -0.483. The summed E-state index contributed by atoms with van der Waals surface area (Å²) in [6.45, 7) is 0. The van der Waals surface area contributed by atoms with E-state index in [4.69, 9.17) is 5.11 Å². The summed E-state index contributed by atoms with van der Waals surface area (Å²) in [6.07, 6.45) is 4.56. The van der Waals surface area contributed by atoms with Crippen molar-refractivity contribution in [1.29, 1.82) is 0 Å². The number of carboxylic acid groups (broad SMARTS) is 1. The lowest BCUT2D eigenvalue weighted by atomic mass is 9.83. The quantitative estimate of drug-likeness (QED) is 0.782. The Hall–Kier alpha value is -1.64. The van der Waals surface area contributed by atoms with E-state index in [2.05, 4.69) is 4.99 Å². The van der Waals surface area contributed by atoms with Gasteiger partial charge in [0.25, 0.3) is 0 Å². The summed E-state index contributed by atoms with van der Waals surface area (Å²) >= 11 is 0. The average molecular weight is 215 g/mol. The minimum absolute atomic E-state index is 0.347. The molecule has 16 heavy (non-hydrogen) atoms. The first-order valence-electron chi connectivity index (χ1n) is 5.71. The Kier molecular flexibility index (Phi) is 2.06. The molecular weight excluding hydrogens is 202 g/mol. The van der Waals surface area contributed by atoms with E-state index in [1.807, 2.05) is 12.1 Å². The lowest BCUT2D eigenvalue weighted by molar-refractivity contribution is 0.0698. The van der Waals surface area contributed by atoms with Crippen LogP contribution in [0.1, 0.15) is 47.5 Å². The smallest absolute Gasteiger partial charge is 0.337 e. The first-order valence-corrected chi connectivity index (χ1v) is 5.71. The molecule has 82 valence electrons. The number of fused-ring (bicyclic) bond motifs is 3. The van der Waals surface area contributed by atoms with E-state index in [1.54, 1.807) is 6.07 Å². The SMILES string of the molecule is O=C(O)c1cccc2c1N=C1CCCCC12. The van der Waals surface area contributed by atoms with E-state index >= 15 is 0 Å². The predicted molar refractivity (Wildman–Crippen MR) is 61.7 cm³/mol. The molecule has 1 aliphatic carbocycles. The van der Waals surface area contributed by atoms with Crippen molar-refractivity contribution in [3.8, 4) is 0 Å². The molecule has 0 bridgehead atoms. The number of aliphatic imine (C=N–C) groups is 1. The van der Waals surface area contributed by atoms with Crippen LogP contribution in [0.3, 0.4) is 0 Å². The Bertz CT molecular complexity index is 491. The van der Waals surface area contributed by atoms with Gasteiger partial charge in [-0.05, 0) is 30.9 Å². The van der Waals surface area contributed by atoms with Gasteiger partial charge >= 0.3 is 5.97 Å². The molecule has 0 amide bonds. The molecule has 1 unspecified atom stereocenters. The average Bonchev–Trinajstić information content (AvgIpc) is 2.67. The van der Waals surface area contributed by atoms with Crippen molar-refractivity contribution >= 4 is 17.4 Å². The fraction of sp³-hybridized carbons (Fsp3) is 0.385. The molecule has 0 saturated heterocycles. The van der Waals surface area contributed by atoms with Crippen LogP contribution < -0.4 is 0 Å². The Labute approximate surface area is 93.8 Å². The van der Waals surface area contributed by atoms with Crippen molar-refractivity contribution in [3.63, 3.8) is 0 Å². The highest BCUT2D eigenvalue weighted by molar-refractivity contribution is 6.04. The maximum atomic E-state index is 11.1. The van der Waals surface area contributed by atoms with Crippen LogP contribution in [0.5, 0.6) is 0 Å². The van der Waals surface area contributed by atoms with E-state index < -0.39 is 5.97 Å². The zero-order valence-corrected chi connectivity index (χ0v) is 8.94. The standard InChI is InChI=1S/C13H13NO2/c15-13(16)10-6-3-5-9-8-4-1-2-7-11(8)14-12(9)10/h3,5-6,8H,1-2,4,7H2,(H,15,16). The number of carbonyl (C=O) groups is 1. The molecule has 1 aliphatic heterocycles. The van der Waals surface area contributed by atoms with Gasteiger partial charge in [-0.15, -0.1) is 0 Å². The molecule has 0 aromatic heterocycles. The highest BCUT2D eigenvalue weighted by Crippen LogP contribution is 2.43. The Morgan fingerprint density at radius 2 is 2.25 bits per heavy atom. The molecule has 1 aromatic carbocycles. The van der Waals surface area contributed by atoms with Gasteiger partial charge in [-0.2, -0.15) is 0 Å². The van der Waals surface area contributed by atoms with Crippen molar-refractivity contribution < 1.29 is 9.90 Å². The number of benzene rings is 1. The monoisotopic (exact) mass is 215 g/mol. The first kappa shape index (κ1) is 9.58. The normalized spacial score (nSPS) is 22.2. The largest absolute Gasteiger partial charge is 0.478 e. The topological polar surface area (TPSA) is 49.7 Å². The minimum Gasteiger partial charge on any atom is -0.478 e. The number of nitrogens with zero attached hydrogens (tertiary/aromatic N) is 1. The second-order valence-corrected chi connectivity index (χ2v) is 4.45. The van der Waals surface area contributed by atoms with Crippen LogP contribution in [0.25, 0.3) is 0 Å². The molecule has 1 fully saturated rings. The predicted octanol–water partition coefficient (Wildman–Crippen LogP) is 3.13. The molecule has 1 saturated carbocycles. The van der Waals surface area contributed by atoms with Gasteiger partial charge in [0.05, 0.1) is 11.3 Å². The third-order valence-electron chi connectivity index (χ3n) is 3.51. The molecule has 2 aliphatic rings. The number of carboxylic acids is 1. The molecule has 0 spiro atoms. The van der Waals surface area contributed by atoms with E-state index in [1.165, 1.54) is 18.6 Å². The van der Waals surface area contributed by atoms with Crippen molar-refractivity contribution in [2.75, 3.05) is 0 Å². The van der Waals surface area contributed by atoms with E-state index in [0.717, 1.165) is 18.4 Å². The Balaban J connectivity index is 2.14. The van der Waals surface area contributed by atoms with Gasteiger partial charge in [-0.25, -0.2) is 4.79 Å². The second-order valence-electron chi connectivity index (χ2n) is 4.45. The van der Waals surface area contributed by atoms with E-state index in [0.29, 0.717) is 17.2 Å². The van der Waals surface area contributed by atoms with Gasteiger partial charge < -0.3 is 5.11 Å². The fourth-order valence-electron chi connectivity index (χ4n) is 2.75. The molecule has 1 heterocycles. The summed E-state index contributed by atoms with van der Waals surface area (Å²) < 4.78 is 0. The van der Waals surface area contributed by atoms with Crippen LogP contribution in [-0.2, 0) is 0 Å². The summed E-state index contributed by atoms with van der Waals surface area (Å²) in [5, 5.41) is 9.11. The number of aromatic carboxylic acids is 1. The Morgan fingerprint density at radius 3 is 3.06 bits per heavy atom. The molecule has 3 heteroatoms. The van der Waals surface area contributed by atoms with Crippen molar-refractivity contribution in [3.05, 3.63) is 29.3 Å². The van der Waals surface area contributed by atoms with Crippen molar-refractivity contribution in [2.24, 2.45) is 4.99 Å². The number of rotatable bonds is 1. The molecule has 1 N–H and O–H groups in total. The van der Waals surface area contributed by atoms with Crippen LogP contribution in [0, 0.1) is 0 Å². The van der Waals surface area contributed by atoms with Crippen LogP contribution in [0.15, 0.2) is 23.2 Å². The maximum absolute atomic E-state index is 11.1. The number of hydrogen-bond acceptors (Lipinski definition) is 2. The maximum Gasteiger partial charge on any atom is 0.337 e. The summed E-state index contributed by atoms with van der Waals surface area (Å²) in [7, 11) is 0. The van der Waals surface area contributed by atoms with Gasteiger partial charge in [0.15, 0.2) is 0 Å². The highest BCUT2D eigenvalue weighted by atomic mass is 16.4. The minimum atomic E-state index is -0.875. The number of para-hydroxylation sites is 1. The molecule has 0 radical (unpaired) electrons. The zero-order chi connectivity index (χ0) is 11.1. The third-order valence-corrected chi connectivity index (χ3v) is 3.51. The van der Waals surface area contributed by atoms with Crippen molar-refractivity contribution in [1.82, 2.24) is 0 Å².